The number of likely N-dealkylation sites (N-methyl/N-ethyl adjacent to an activating group) is 1. The van der Waals surface area contributed by atoms with Crippen LogP contribution >= 0.6 is 11.6 Å². The molecule has 0 aliphatic carbocycles. The average molecular weight is 295 g/mol. The Labute approximate surface area is 121 Å². The molecule has 2 aromatic rings. The van der Waals surface area contributed by atoms with Crippen LogP contribution in [0.15, 0.2) is 6.20 Å². The van der Waals surface area contributed by atoms with Crippen LogP contribution in [0.5, 0.6) is 0 Å². The van der Waals surface area contributed by atoms with E-state index in [1.807, 2.05) is 19.0 Å². The van der Waals surface area contributed by atoms with Crippen molar-refractivity contribution in [2.75, 3.05) is 26.7 Å². The Morgan fingerprint density at radius 1 is 1.30 bits per heavy atom. The second kappa shape index (κ2) is 4.99. The quantitative estimate of drug-likeness (QED) is 0.745. The lowest BCUT2D eigenvalue weighted by atomic mass is 10.3. The molecule has 0 N–H and O–H groups in total. The number of hydrogen-bond donors (Lipinski definition) is 0. The van der Waals surface area contributed by atoms with E-state index in [4.69, 9.17) is 11.6 Å². The standard InChI is InChI=1S/C12H15ClN6O/c1-17-3-4-19(7-10(17)20)6-9-15-11(13)8-5-14-18(2)12(8)16-9/h5H,3-4,6-7H2,1-2H3. The molecule has 1 aliphatic heterocycles. The van der Waals surface area contributed by atoms with Crippen LogP contribution in [-0.4, -0.2) is 62.1 Å². The average Bonchev–Trinajstić information content (AvgIpc) is 2.77. The first-order chi connectivity index (χ1) is 9.54. The van der Waals surface area contributed by atoms with Crippen LogP contribution in [0.1, 0.15) is 5.82 Å². The van der Waals surface area contributed by atoms with E-state index < -0.39 is 0 Å². The van der Waals surface area contributed by atoms with Gasteiger partial charge in [0, 0.05) is 27.2 Å². The number of nitrogens with zero attached hydrogens (tertiary/aromatic N) is 6. The van der Waals surface area contributed by atoms with Gasteiger partial charge in [-0.1, -0.05) is 11.6 Å². The topological polar surface area (TPSA) is 67.2 Å². The van der Waals surface area contributed by atoms with E-state index in [-0.39, 0.29) is 5.91 Å². The van der Waals surface area contributed by atoms with Crippen LogP contribution in [0.2, 0.25) is 5.15 Å². The molecule has 0 saturated carbocycles. The summed E-state index contributed by atoms with van der Waals surface area (Å²) in [6.45, 7) is 2.44. The van der Waals surface area contributed by atoms with Crippen LogP contribution in [0, 0.1) is 0 Å². The van der Waals surface area contributed by atoms with Crippen molar-refractivity contribution in [2.45, 2.75) is 6.54 Å². The predicted octanol–water partition coefficient (Wildman–Crippen LogP) is 0.291. The van der Waals surface area contributed by atoms with Crippen LogP contribution in [0.4, 0.5) is 0 Å². The number of amides is 1. The summed E-state index contributed by atoms with van der Waals surface area (Å²) in [5.74, 6) is 0.729. The zero-order valence-electron chi connectivity index (χ0n) is 11.4. The predicted molar refractivity (Wildman–Crippen MR) is 74.2 cm³/mol. The molecule has 0 bridgehead atoms. The second-order valence-electron chi connectivity index (χ2n) is 4.96. The zero-order chi connectivity index (χ0) is 14.3. The maximum absolute atomic E-state index is 11.7. The minimum Gasteiger partial charge on any atom is -0.343 e. The van der Waals surface area contributed by atoms with Crippen molar-refractivity contribution in [2.24, 2.45) is 7.05 Å². The molecule has 2 aromatic heterocycles. The highest BCUT2D eigenvalue weighted by Crippen LogP contribution is 2.20. The molecule has 8 heteroatoms. The normalized spacial score (nSPS) is 17.1. The third-order valence-electron chi connectivity index (χ3n) is 3.49. The van der Waals surface area contributed by atoms with E-state index in [1.165, 1.54) is 0 Å². The van der Waals surface area contributed by atoms with Crippen LogP contribution in [0.25, 0.3) is 11.0 Å². The minimum absolute atomic E-state index is 0.115. The number of piperazine rings is 1. The summed E-state index contributed by atoms with van der Waals surface area (Å²) in [5.41, 5.74) is 0.709. The molecule has 1 amide bonds. The molecule has 3 heterocycles. The molecule has 0 spiro atoms. The van der Waals surface area contributed by atoms with Gasteiger partial charge in [-0.2, -0.15) is 5.10 Å². The smallest absolute Gasteiger partial charge is 0.236 e. The molecule has 1 saturated heterocycles. The maximum atomic E-state index is 11.7. The van der Waals surface area contributed by atoms with Gasteiger partial charge in [0.15, 0.2) is 5.65 Å². The van der Waals surface area contributed by atoms with Gasteiger partial charge in [-0.25, -0.2) is 9.97 Å². The Kier molecular flexibility index (Phi) is 3.31. The molecule has 7 nitrogen and oxygen atoms in total. The fraction of sp³-hybridized carbons (Fsp3) is 0.500. The first-order valence-corrected chi connectivity index (χ1v) is 6.73. The molecule has 0 aromatic carbocycles. The largest absolute Gasteiger partial charge is 0.343 e. The summed E-state index contributed by atoms with van der Waals surface area (Å²) in [5, 5.41) is 5.27. The zero-order valence-corrected chi connectivity index (χ0v) is 12.1. The molecule has 1 fully saturated rings. The van der Waals surface area contributed by atoms with Gasteiger partial charge in [-0.3, -0.25) is 14.4 Å². The van der Waals surface area contributed by atoms with E-state index in [2.05, 4.69) is 15.1 Å². The fourth-order valence-electron chi connectivity index (χ4n) is 2.24. The van der Waals surface area contributed by atoms with Crippen LogP contribution in [0.3, 0.4) is 0 Å². The molecular formula is C12H15ClN6O. The van der Waals surface area contributed by atoms with Crippen molar-refractivity contribution < 1.29 is 4.79 Å². The van der Waals surface area contributed by atoms with Crippen molar-refractivity contribution in [3.8, 4) is 0 Å². The monoisotopic (exact) mass is 294 g/mol. The Morgan fingerprint density at radius 2 is 2.10 bits per heavy atom. The maximum Gasteiger partial charge on any atom is 0.236 e. The minimum atomic E-state index is 0.115. The van der Waals surface area contributed by atoms with Gasteiger partial charge >= 0.3 is 0 Å². The Morgan fingerprint density at radius 3 is 2.85 bits per heavy atom. The molecular weight excluding hydrogens is 280 g/mol. The van der Waals surface area contributed by atoms with E-state index in [0.29, 0.717) is 29.7 Å². The SMILES string of the molecule is CN1CCN(Cc2nc(Cl)c3cnn(C)c3n2)CC1=O. The number of hydrogen-bond acceptors (Lipinski definition) is 5. The lowest BCUT2D eigenvalue weighted by Crippen LogP contribution is -2.48. The van der Waals surface area contributed by atoms with E-state index in [1.54, 1.807) is 15.8 Å². The molecule has 3 rings (SSSR count). The summed E-state index contributed by atoms with van der Waals surface area (Å²) >= 11 is 6.15. The highest BCUT2D eigenvalue weighted by Gasteiger charge is 2.22. The van der Waals surface area contributed by atoms with Crippen molar-refractivity contribution >= 4 is 28.5 Å². The van der Waals surface area contributed by atoms with Crippen LogP contribution < -0.4 is 0 Å². The molecule has 1 aliphatic rings. The number of halogens is 1. The number of aryl methyl sites for hydroxylation is 1. The first-order valence-electron chi connectivity index (χ1n) is 6.35. The number of carbonyl (C=O) groups excluding carboxylic acids is 1. The van der Waals surface area contributed by atoms with Gasteiger partial charge in [0.25, 0.3) is 0 Å². The second-order valence-corrected chi connectivity index (χ2v) is 5.32. The van der Waals surface area contributed by atoms with Crippen molar-refractivity contribution in [3.63, 3.8) is 0 Å². The van der Waals surface area contributed by atoms with E-state index >= 15 is 0 Å². The third kappa shape index (κ3) is 2.34. The summed E-state index contributed by atoms with van der Waals surface area (Å²) in [4.78, 5) is 24.2. The van der Waals surface area contributed by atoms with Gasteiger partial charge in [0.2, 0.25) is 5.91 Å². The molecule has 0 unspecified atom stereocenters. The number of aromatic nitrogens is 4. The molecule has 0 atom stereocenters. The van der Waals surface area contributed by atoms with E-state index in [9.17, 15) is 4.79 Å². The highest BCUT2D eigenvalue weighted by atomic mass is 35.5. The Hall–Kier alpha value is -1.73. The molecule has 20 heavy (non-hydrogen) atoms. The van der Waals surface area contributed by atoms with Gasteiger partial charge in [0.05, 0.1) is 24.7 Å². The van der Waals surface area contributed by atoms with Crippen molar-refractivity contribution in [3.05, 3.63) is 17.2 Å². The summed E-state index contributed by atoms with van der Waals surface area (Å²) < 4.78 is 1.67. The highest BCUT2D eigenvalue weighted by molar-refractivity contribution is 6.33. The lowest BCUT2D eigenvalue weighted by molar-refractivity contribution is -0.134. The lowest BCUT2D eigenvalue weighted by Gasteiger charge is -2.31. The summed E-state index contributed by atoms with van der Waals surface area (Å²) in [6.07, 6.45) is 1.65. The van der Waals surface area contributed by atoms with Crippen molar-refractivity contribution in [1.29, 1.82) is 0 Å². The van der Waals surface area contributed by atoms with Crippen LogP contribution in [-0.2, 0) is 18.4 Å². The number of rotatable bonds is 2. The fourth-order valence-corrected chi connectivity index (χ4v) is 2.47. The third-order valence-corrected chi connectivity index (χ3v) is 3.78. The van der Waals surface area contributed by atoms with Gasteiger partial charge in [-0.15, -0.1) is 0 Å². The van der Waals surface area contributed by atoms with E-state index in [0.717, 1.165) is 18.5 Å². The van der Waals surface area contributed by atoms with Crippen molar-refractivity contribution in [1.82, 2.24) is 29.5 Å². The Bertz CT molecular complexity index is 669. The number of fused-ring (bicyclic) bond motifs is 1. The first kappa shape index (κ1) is 13.3. The molecule has 0 radical (unpaired) electrons. The summed E-state index contributed by atoms with van der Waals surface area (Å²) in [6, 6.07) is 0. The Balaban J connectivity index is 1.84. The van der Waals surface area contributed by atoms with Gasteiger partial charge in [0.1, 0.15) is 11.0 Å². The van der Waals surface area contributed by atoms with Gasteiger partial charge in [-0.05, 0) is 0 Å². The number of carbonyl (C=O) groups is 1. The molecule has 106 valence electrons. The van der Waals surface area contributed by atoms with Gasteiger partial charge < -0.3 is 4.90 Å². The summed E-state index contributed by atoms with van der Waals surface area (Å²) in [7, 11) is 3.63.